The Morgan fingerprint density at radius 2 is 1.62 bits per heavy atom. The van der Waals surface area contributed by atoms with Crippen LogP contribution >= 0.6 is 0 Å². The fraction of sp³-hybridized carbons (Fsp3) is 0.409. The molecular formula is C22H27FN2O3S. The minimum absolute atomic E-state index is 0.0641. The van der Waals surface area contributed by atoms with Crippen LogP contribution in [0.2, 0.25) is 0 Å². The maximum Gasteiger partial charge on any atom is 0.258 e. The van der Waals surface area contributed by atoms with Gasteiger partial charge in [0.05, 0.1) is 10.5 Å². The summed E-state index contributed by atoms with van der Waals surface area (Å²) in [4.78, 5) is 12.6. The highest BCUT2D eigenvalue weighted by atomic mass is 32.2. The third-order valence-corrected chi connectivity index (χ3v) is 6.96. The molecule has 7 heteroatoms. The van der Waals surface area contributed by atoms with Crippen molar-refractivity contribution in [1.82, 2.24) is 4.31 Å². The lowest BCUT2D eigenvalue weighted by molar-refractivity contribution is 0.102. The zero-order valence-corrected chi connectivity index (χ0v) is 18.0. The number of hydrogen-bond donors (Lipinski definition) is 1. The molecular weight excluding hydrogens is 391 g/mol. The van der Waals surface area contributed by atoms with Crippen LogP contribution in [-0.4, -0.2) is 31.7 Å². The van der Waals surface area contributed by atoms with Crippen molar-refractivity contribution < 1.29 is 17.6 Å². The molecule has 1 amide bonds. The van der Waals surface area contributed by atoms with Gasteiger partial charge in [0.15, 0.2) is 0 Å². The zero-order valence-electron chi connectivity index (χ0n) is 17.2. The minimum atomic E-state index is -3.80. The van der Waals surface area contributed by atoms with Crippen LogP contribution in [0.5, 0.6) is 0 Å². The average molecular weight is 419 g/mol. The summed E-state index contributed by atoms with van der Waals surface area (Å²) in [5.41, 5.74) is 2.18. The van der Waals surface area contributed by atoms with Crippen molar-refractivity contribution in [3.05, 3.63) is 58.9 Å². The number of nitrogens with zero attached hydrogens (tertiary/aromatic N) is 1. The Morgan fingerprint density at radius 1 is 1.03 bits per heavy atom. The van der Waals surface area contributed by atoms with E-state index in [1.54, 1.807) is 12.1 Å². The molecule has 1 aliphatic rings. The van der Waals surface area contributed by atoms with Gasteiger partial charge in [-0.3, -0.25) is 4.79 Å². The van der Waals surface area contributed by atoms with Gasteiger partial charge in [-0.05, 0) is 73.6 Å². The minimum Gasteiger partial charge on any atom is -0.322 e. The Balaban J connectivity index is 1.90. The summed E-state index contributed by atoms with van der Waals surface area (Å²) in [5, 5.41) is 2.67. The predicted molar refractivity (Wildman–Crippen MR) is 112 cm³/mol. The summed E-state index contributed by atoms with van der Waals surface area (Å²) in [6.07, 6.45) is 0.971. The quantitative estimate of drug-likeness (QED) is 0.802. The second-order valence-electron chi connectivity index (χ2n) is 8.24. The van der Waals surface area contributed by atoms with E-state index < -0.39 is 21.7 Å². The topological polar surface area (TPSA) is 66.5 Å². The number of benzene rings is 2. The molecule has 3 rings (SSSR count). The molecule has 0 bridgehead atoms. The number of amides is 1. The molecule has 1 fully saturated rings. The molecule has 0 unspecified atom stereocenters. The van der Waals surface area contributed by atoms with E-state index in [-0.39, 0.29) is 22.3 Å². The van der Waals surface area contributed by atoms with Crippen LogP contribution in [0.15, 0.2) is 41.3 Å². The number of carbonyl (C=O) groups excluding carboxylic acids is 1. The number of rotatable bonds is 4. The highest BCUT2D eigenvalue weighted by Gasteiger charge is 2.32. The predicted octanol–water partition coefficient (Wildman–Crippen LogP) is 4.36. The summed E-state index contributed by atoms with van der Waals surface area (Å²) < 4.78 is 42.0. The molecule has 2 atom stereocenters. The molecule has 5 nitrogen and oxygen atoms in total. The lowest BCUT2D eigenvalue weighted by Gasteiger charge is -2.34. The summed E-state index contributed by atoms with van der Waals surface area (Å²) in [6.45, 7) is 8.69. The fourth-order valence-corrected chi connectivity index (χ4v) is 5.74. The molecule has 1 aliphatic heterocycles. The van der Waals surface area contributed by atoms with E-state index in [2.05, 4.69) is 5.32 Å². The number of sulfonamides is 1. The van der Waals surface area contributed by atoms with E-state index in [4.69, 9.17) is 0 Å². The van der Waals surface area contributed by atoms with Crippen LogP contribution in [0.25, 0.3) is 0 Å². The van der Waals surface area contributed by atoms with Crippen molar-refractivity contribution in [1.29, 1.82) is 0 Å². The van der Waals surface area contributed by atoms with E-state index in [1.807, 2.05) is 33.8 Å². The number of anilines is 1. The Morgan fingerprint density at radius 3 is 2.21 bits per heavy atom. The molecule has 1 N–H and O–H groups in total. The SMILES string of the molecule is Cc1cc(C)cc(NC(=O)c2cc(S(=O)(=O)N3C[C@@H](C)C[C@H](C)C3)ccc2F)c1. The summed E-state index contributed by atoms with van der Waals surface area (Å²) in [5.74, 6) is -0.932. The number of piperidine rings is 1. The largest absolute Gasteiger partial charge is 0.322 e. The highest BCUT2D eigenvalue weighted by Crippen LogP contribution is 2.28. The normalized spacial score (nSPS) is 20.4. The van der Waals surface area contributed by atoms with Crippen LogP contribution in [0.4, 0.5) is 10.1 Å². The molecule has 0 aromatic heterocycles. The zero-order chi connectivity index (χ0) is 21.3. The Bertz CT molecular complexity index is 1010. The number of hydrogen-bond acceptors (Lipinski definition) is 3. The molecule has 156 valence electrons. The third-order valence-electron chi connectivity index (χ3n) is 5.14. The first-order chi connectivity index (χ1) is 13.6. The standard InChI is InChI=1S/C22H27FN2O3S/c1-14-7-15(2)10-18(9-14)24-22(26)20-11-19(5-6-21(20)23)29(27,28)25-12-16(3)8-17(4)13-25/h5-7,9-11,16-17H,8,12-13H2,1-4H3,(H,24,26)/t16-,17-/m0/s1. The molecule has 1 heterocycles. The van der Waals surface area contributed by atoms with E-state index in [0.717, 1.165) is 29.7 Å². The first kappa shape index (κ1) is 21.5. The van der Waals surface area contributed by atoms with Gasteiger partial charge in [-0.2, -0.15) is 4.31 Å². The molecule has 2 aromatic rings. The van der Waals surface area contributed by atoms with Gasteiger partial charge in [0, 0.05) is 18.8 Å². The number of nitrogens with one attached hydrogen (secondary N) is 1. The Kier molecular flexibility index (Phi) is 6.10. The fourth-order valence-electron chi connectivity index (χ4n) is 4.04. The van der Waals surface area contributed by atoms with Gasteiger partial charge < -0.3 is 5.32 Å². The number of halogens is 1. The van der Waals surface area contributed by atoms with Crippen molar-refractivity contribution in [2.24, 2.45) is 11.8 Å². The van der Waals surface area contributed by atoms with Crippen molar-refractivity contribution in [3.63, 3.8) is 0 Å². The first-order valence-corrected chi connectivity index (χ1v) is 11.2. The molecule has 0 aliphatic carbocycles. The Labute approximate surface area is 172 Å². The lowest BCUT2D eigenvalue weighted by Crippen LogP contribution is -2.42. The van der Waals surface area contributed by atoms with Crippen LogP contribution < -0.4 is 5.32 Å². The second-order valence-corrected chi connectivity index (χ2v) is 10.2. The highest BCUT2D eigenvalue weighted by molar-refractivity contribution is 7.89. The third kappa shape index (κ3) is 4.85. The number of carbonyl (C=O) groups is 1. The smallest absolute Gasteiger partial charge is 0.258 e. The van der Waals surface area contributed by atoms with E-state index in [9.17, 15) is 17.6 Å². The lowest BCUT2D eigenvalue weighted by atomic mass is 9.94. The maximum absolute atomic E-state index is 14.4. The van der Waals surface area contributed by atoms with Crippen molar-refractivity contribution in [2.75, 3.05) is 18.4 Å². The van der Waals surface area contributed by atoms with Gasteiger partial charge in [-0.25, -0.2) is 12.8 Å². The molecule has 1 saturated heterocycles. The van der Waals surface area contributed by atoms with Crippen LogP contribution in [-0.2, 0) is 10.0 Å². The van der Waals surface area contributed by atoms with E-state index in [1.165, 1.54) is 10.4 Å². The van der Waals surface area contributed by atoms with Crippen molar-refractivity contribution >= 4 is 21.6 Å². The monoisotopic (exact) mass is 418 g/mol. The van der Waals surface area contributed by atoms with E-state index in [0.29, 0.717) is 18.8 Å². The number of aryl methyl sites for hydroxylation is 2. The van der Waals surface area contributed by atoms with Crippen LogP contribution in [0.1, 0.15) is 41.8 Å². The summed E-state index contributed by atoms with van der Waals surface area (Å²) in [6, 6.07) is 8.92. The molecule has 2 aromatic carbocycles. The van der Waals surface area contributed by atoms with Gasteiger partial charge in [0.1, 0.15) is 5.82 Å². The van der Waals surface area contributed by atoms with Gasteiger partial charge in [-0.1, -0.05) is 19.9 Å². The first-order valence-electron chi connectivity index (χ1n) is 9.75. The van der Waals surface area contributed by atoms with Crippen molar-refractivity contribution in [2.45, 2.75) is 39.0 Å². The molecule has 29 heavy (non-hydrogen) atoms. The van der Waals surface area contributed by atoms with Crippen LogP contribution in [0.3, 0.4) is 0 Å². The average Bonchev–Trinajstić information content (AvgIpc) is 2.60. The molecule has 0 spiro atoms. The van der Waals surface area contributed by atoms with E-state index >= 15 is 0 Å². The van der Waals surface area contributed by atoms with Crippen LogP contribution in [0, 0.1) is 31.5 Å². The Hall–Kier alpha value is -2.25. The summed E-state index contributed by atoms with van der Waals surface area (Å²) >= 11 is 0. The summed E-state index contributed by atoms with van der Waals surface area (Å²) in [7, 11) is -3.80. The second kappa shape index (κ2) is 8.24. The molecule has 0 radical (unpaired) electrons. The van der Waals surface area contributed by atoms with Gasteiger partial charge in [0.25, 0.3) is 5.91 Å². The molecule has 0 saturated carbocycles. The van der Waals surface area contributed by atoms with Crippen molar-refractivity contribution in [3.8, 4) is 0 Å². The van der Waals surface area contributed by atoms with Gasteiger partial charge in [0.2, 0.25) is 10.0 Å². The maximum atomic E-state index is 14.4. The van der Waals surface area contributed by atoms with Gasteiger partial charge in [-0.15, -0.1) is 0 Å². The van der Waals surface area contributed by atoms with Gasteiger partial charge >= 0.3 is 0 Å².